The van der Waals surface area contributed by atoms with Crippen molar-refractivity contribution in [3.63, 3.8) is 0 Å². The molecule has 1 aliphatic rings. The topological polar surface area (TPSA) is 58.6 Å². The van der Waals surface area contributed by atoms with Crippen molar-refractivity contribution in [2.45, 2.75) is 12.1 Å². The van der Waals surface area contributed by atoms with Gasteiger partial charge in [0.2, 0.25) is 0 Å². The number of ether oxygens (including phenoxy) is 1. The highest BCUT2D eigenvalue weighted by molar-refractivity contribution is 9.10. The Labute approximate surface area is 99.4 Å². The summed E-state index contributed by atoms with van der Waals surface area (Å²) in [6, 6.07) is 1.42. The van der Waals surface area contributed by atoms with E-state index in [1.165, 1.54) is 0 Å². The molecule has 1 fully saturated rings. The summed E-state index contributed by atoms with van der Waals surface area (Å²) in [6.07, 6.45) is -0.0306. The van der Waals surface area contributed by atoms with Gasteiger partial charge in [-0.1, -0.05) is 0 Å². The molecular weight excluding hydrogens is 282 g/mol. The molecule has 82 valence electrons. The van der Waals surface area contributed by atoms with E-state index in [4.69, 9.17) is 9.84 Å². The molecule has 15 heavy (non-hydrogen) atoms. The lowest BCUT2D eigenvalue weighted by atomic mass is 10.2. The normalized spacial score (nSPS) is 26.5. The van der Waals surface area contributed by atoms with Crippen molar-refractivity contribution < 1.29 is 14.6 Å². The average molecular weight is 292 g/mol. The zero-order valence-corrected chi connectivity index (χ0v) is 10.2. The third kappa shape index (κ3) is 2.57. The second-order valence-corrected chi connectivity index (χ2v) is 5.15. The van der Waals surface area contributed by atoms with Gasteiger partial charge in [0.25, 0.3) is 0 Å². The van der Waals surface area contributed by atoms with Crippen LogP contribution in [-0.2, 0) is 9.53 Å². The van der Waals surface area contributed by atoms with E-state index in [1.807, 2.05) is 11.4 Å². The first-order valence-electron chi connectivity index (χ1n) is 4.48. The van der Waals surface area contributed by atoms with E-state index in [0.29, 0.717) is 6.54 Å². The molecule has 0 spiro atoms. The molecule has 1 aliphatic heterocycles. The molecule has 2 rings (SSSR count). The third-order valence-electron chi connectivity index (χ3n) is 2.22. The molecule has 2 atom stereocenters. The number of rotatable bonds is 2. The van der Waals surface area contributed by atoms with Crippen LogP contribution in [0.25, 0.3) is 0 Å². The van der Waals surface area contributed by atoms with E-state index in [9.17, 15) is 4.79 Å². The summed E-state index contributed by atoms with van der Waals surface area (Å²) < 4.78 is 6.53. The number of aliphatic carboxylic acids is 1. The number of nitrogens with one attached hydrogen (secondary N) is 1. The summed E-state index contributed by atoms with van der Waals surface area (Å²) in [5, 5.41) is 13.7. The van der Waals surface area contributed by atoms with Crippen molar-refractivity contribution in [1.29, 1.82) is 0 Å². The Hall–Kier alpha value is -0.430. The fraction of sp³-hybridized carbons (Fsp3) is 0.444. The Morgan fingerprint density at radius 2 is 2.53 bits per heavy atom. The second-order valence-electron chi connectivity index (χ2n) is 3.29. The van der Waals surface area contributed by atoms with Gasteiger partial charge in [-0.05, 0) is 22.0 Å². The smallest absolute Gasteiger partial charge is 0.323 e. The highest BCUT2D eigenvalue weighted by Crippen LogP contribution is 2.28. The highest BCUT2D eigenvalue weighted by Gasteiger charge is 2.27. The maximum atomic E-state index is 10.7. The summed E-state index contributed by atoms with van der Waals surface area (Å²) in [7, 11) is 0. The molecule has 2 unspecified atom stereocenters. The molecule has 6 heteroatoms. The van der Waals surface area contributed by atoms with Gasteiger partial charge < -0.3 is 9.84 Å². The predicted octanol–water partition coefficient (Wildman–Crippen LogP) is 1.62. The van der Waals surface area contributed by atoms with Crippen LogP contribution in [0.15, 0.2) is 15.9 Å². The molecule has 4 nitrogen and oxygen atoms in total. The van der Waals surface area contributed by atoms with Crippen LogP contribution < -0.4 is 5.32 Å². The maximum absolute atomic E-state index is 10.7. The van der Waals surface area contributed by atoms with E-state index >= 15 is 0 Å². The van der Waals surface area contributed by atoms with Gasteiger partial charge in [-0.25, -0.2) is 0 Å². The van der Waals surface area contributed by atoms with E-state index in [-0.39, 0.29) is 12.7 Å². The Morgan fingerprint density at radius 3 is 3.00 bits per heavy atom. The van der Waals surface area contributed by atoms with E-state index < -0.39 is 12.0 Å². The lowest BCUT2D eigenvalue weighted by Gasteiger charge is -2.27. The van der Waals surface area contributed by atoms with Crippen molar-refractivity contribution in [2.24, 2.45) is 0 Å². The fourth-order valence-corrected chi connectivity index (χ4v) is 2.91. The molecule has 0 aromatic carbocycles. The molecule has 1 aromatic rings. The van der Waals surface area contributed by atoms with Gasteiger partial charge in [-0.3, -0.25) is 10.1 Å². The Kier molecular flexibility index (Phi) is 3.40. The average Bonchev–Trinajstić information content (AvgIpc) is 2.65. The minimum atomic E-state index is -0.860. The van der Waals surface area contributed by atoms with Crippen LogP contribution in [0.3, 0.4) is 0 Å². The van der Waals surface area contributed by atoms with Gasteiger partial charge in [0.05, 0.1) is 6.61 Å². The van der Waals surface area contributed by atoms with Crippen molar-refractivity contribution in [3.8, 4) is 0 Å². The molecule has 1 saturated heterocycles. The van der Waals surface area contributed by atoms with Crippen molar-refractivity contribution in [1.82, 2.24) is 5.32 Å². The summed E-state index contributed by atoms with van der Waals surface area (Å²) in [4.78, 5) is 11.8. The summed E-state index contributed by atoms with van der Waals surface area (Å²) >= 11 is 4.98. The lowest BCUT2D eigenvalue weighted by molar-refractivity contribution is -0.144. The summed E-state index contributed by atoms with van der Waals surface area (Å²) in [6.45, 7) is 0.763. The molecule has 2 heterocycles. The van der Waals surface area contributed by atoms with Crippen LogP contribution in [0.1, 0.15) is 11.0 Å². The van der Waals surface area contributed by atoms with Gasteiger partial charge in [-0.2, -0.15) is 0 Å². The monoisotopic (exact) mass is 291 g/mol. The van der Waals surface area contributed by atoms with Crippen LogP contribution >= 0.6 is 27.3 Å². The zero-order valence-electron chi connectivity index (χ0n) is 7.77. The first-order valence-corrected chi connectivity index (χ1v) is 6.16. The van der Waals surface area contributed by atoms with Crippen LogP contribution in [-0.4, -0.2) is 30.3 Å². The van der Waals surface area contributed by atoms with Gasteiger partial charge in [0.1, 0.15) is 12.1 Å². The summed E-state index contributed by atoms with van der Waals surface area (Å²) in [5.41, 5.74) is 0. The van der Waals surface area contributed by atoms with Crippen molar-refractivity contribution in [3.05, 3.63) is 20.8 Å². The van der Waals surface area contributed by atoms with Crippen LogP contribution in [0.4, 0.5) is 0 Å². The molecule has 0 aliphatic carbocycles. The van der Waals surface area contributed by atoms with Gasteiger partial charge in [-0.15, -0.1) is 11.3 Å². The maximum Gasteiger partial charge on any atom is 0.323 e. The quantitative estimate of drug-likeness (QED) is 0.869. The molecule has 0 amide bonds. The Balaban J connectivity index is 1.96. The van der Waals surface area contributed by atoms with Crippen LogP contribution in [0.5, 0.6) is 0 Å². The largest absolute Gasteiger partial charge is 0.480 e. The summed E-state index contributed by atoms with van der Waals surface area (Å²) in [5.74, 6) is -0.860. The van der Waals surface area contributed by atoms with Crippen LogP contribution in [0, 0.1) is 0 Å². The molecule has 2 N–H and O–H groups in total. The van der Waals surface area contributed by atoms with E-state index in [0.717, 1.165) is 9.35 Å². The van der Waals surface area contributed by atoms with Gasteiger partial charge in [0, 0.05) is 21.3 Å². The molecular formula is C9H10BrNO3S. The minimum Gasteiger partial charge on any atom is -0.480 e. The second kappa shape index (κ2) is 4.61. The molecule has 0 saturated carbocycles. The van der Waals surface area contributed by atoms with Crippen molar-refractivity contribution in [2.75, 3.05) is 13.2 Å². The molecule has 0 bridgehead atoms. The highest BCUT2D eigenvalue weighted by atomic mass is 79.9. The minimum absolute atomic E-state index is 0.0306. The zero-order chi connectivity index (χ0) is 10.8. The molecule has 0 radical (unpaired) electrons. The predicted molar refractivity (Wildman–Crippen MR) is 60.1 cm³/mol. The number of thiophene rings is 1. The van der Waals surface area contributed by atoms with E-state index in [2.05, 4.69) is 21.2 Å². The number of halogens is 1. The number of carboxylic acids is 1. The van der Waals surface area contributed by atoms with E-state index in [1.54, 1.807) is 11.3 Å². The van der Waals surface area contributed by atoms with Crippen LogP contribution in [0.2, 0.25) is 0 Å². The number of carboxylic acid groups (broad SMARTS) is 1. The third-order valence-corrected chi connectivity index (χ3v) is 4.00. The molecule has 1 aromatic heterocycles. The number of morpholine rings is 1. The lowest BCUT2D eigenvalue weighted by Crippen LogP contribution is -2.47. The fourth-order valence-electron chi connectivity index (χ4n) is 1.42. The standard InChI is InChI=1S/C9H10BrNO3S/c10-5-1-8(15-4-5)7-2-11-6(3-14-7)9(12)13/h1,4,6-7,11H,2-3H2,(H,12,13). The van der Waals surface area contributed by atoms with Crippen molar-refractivity contribution >= 4 is 33.2 Å². The first kappa shape index (κ1) is 11.1. The Bertz CT molecular complexity index is 360. The number of hydrogen-bond donors (Lipinski definition) is 2. The SMILES string of the molecule is O=C(O)C1COC(c2cc(Br)cs2)CN1. The van der Waals surface area contributed by atoms with Gasteiger partial charge >= 0.3 is 5.97 Å². The number of hydrogen-bond acceptors (Lipinski definition) is 4. The number of carbonyl (C=O) groups is 1. The van der Waals surface area contributed by atoms with Gasteiger partial charge in [0.15, 0.2) is 0 Å². The Morgan fingerprint density at radius 1 is 1.73 bits per heavy atom. The first-order chi connectivity index (χ1) is 7.16.